The second kappa shape index (κ2) is 3.92. The van der Waals surface area contributed by atoms with Gasteiger partial charge in [-0.15, -0.1) is 12.4 Å². The van der Waals surface area contributed by atoms with Gasteiger partial charge in [-0.05, 0) is 12.8 Å². The molecule has 2 atom stereocenters. The molecule has 2 rings (SSSR count). The van der Waals surface area contributed by atoms with Crippen LogP contribution >= 0.6 is 12.4 Å². The van der Waals surface area contributed by atoms with Gasteiger partial charge < -0.3 is 15.2 Å². The maximum Gasteiger partial charge on any atom is 0.0789 e. The van der Waals surface area contributed by atoms with Gasteiger partial charge in [0.25, 0.3) is 0 Å². The zero-order valence-electron chi connectivity index (χ0n) is 7.08. The van der Waals surface area contributed by atoms with Crippen molar-refractivity contribution in [2.24, 2.45) is 5.41 Å². The molecule has 2 N–H and O–H groups in total. The Balaban J connectivity index is 0.000000720. The quantitative estimate of drug-likeness (QED) is 0.624. The SMILES string of the molecule is Cl.OC[C@@]12CCCO[C@@H]1CNC2. The van der Waals surface area contributed by atoms with E-state index in [1.807, 2.05) is 0 Å². The number of rotatable bonds is 1. The van der Waals surface area contributed by atoms with Crippen LogP contribution in [0.2, 0.25) is 0 Å². The molecule has 2 aliphatic heterocycles. The molecule has 0 radical (unpaired) electrons. The average Bonchev–Trinajstić information content (AvgIpc) is 2.48. The Morgan fingerprint density at radius 2 is 2.42 bits per heavy atom. The molecule has 72 valence electrons. The fraction of sp³-hybridized carbons (Fsp3) is 1.00. The highest BCUT2D eigenvalue weighted by Gasteiger charge is 2.44. The van der Waals surface area contributed by atoms with Gasteiger partial charge in [-0.25, -0.2) is 0 Å². The first-order valence-corrected chi connectivity index (χ1v) is 4.31. The van der Waals surface area contributed by atoms with Crippen LogP contribution in [-0.4, -0.2) is 37.5 Å². The highest BCUT2D eigenvalue weighted by molar-refractivity contribution is 5.85. The van der Waals surface area contributed by atoms with Crippen molar-refractivity contribution in [2.75, 3.05) is 26.3 Å². The van der Waals surface area contributed by atoms with Gasteiger partial charge in [-0.2, -0.15) is 0 Å². The van der Waals surface area contributed by atoms with Crippen LogP contribution in [0.25, 0.3) is 0 Å². The van der Waals surface area contributed by atoms with E-state index in [-0.39, 0.29) is 30.5 Å². The molecule has 2 fully saturated rings. The van der Waals surface area contributed by atoms with Crippen molar-refractivity contribution in [3.8, 4) is 0 Å². The van der Waals surface area contributed by atoms with E-state index in [1.54, 1.807) is 0 Å². The molecular formula is C8H16ClNO2. The molecule has 2 heterocycles. The Morgan fingerprint density at radius 3 is 3.08 bits per heavy atom. The second-order valence-electron chi connectivity index (χ2n) is 3.61. The number of hydrogen-bond donors (Lipinski definition) is 2. The minimum Gasteiger partial charge on any atom is -0.396 e. The van der Waals surface area contributed by atoms with E-state index in [0.717, 1.165) is 32.5 Å². The van der Waals surface area contributed by atoms with E-state index >= 15 is 0 Å². The van der Waals surface area contributed by atoms with Crippen LogP contribution in [0, 0.1) is 5.41 Å². The lowest BCUT2D eigenvalue weighted by atomic mass is 9.79. The molecule has 0 spiro atoms. The van der Waals surface area contributed by atoms with Crippen molar-refractivity contribution in [3.05, 3.63) is 0 Å². The first-order valence-electron chi connectivity index (χ1n) is 4.31. The van der Waals surface area contributed by atoms with E-state index in [2.05, 4.69) is 5.32 Å². The maximum atomic E-state index is 9.23. The van der Waals surface area contributed by atoms with Crippen LogP contribution < -0.4 is 5.32 Å². The monoisotopic (exact) mass is 193 g/mol. The lowest BCUT2D eigenvalue weighted by Gasteiger charge is -2.36. The molecule has 2 saturated heterocycles. The Morgan fingerprint density at radius 1 is 1.58 bits per heavy atom. The summed E-state index contributed by atoms with van der Waals surface area (Å²) in [5, 5.41) is 12.5. The Kier molecular flexibility index (Phi) is 3.35. The summed E-state index contributed by atoms with van der Waals surface area (Å²) in [6.07, 6.45) is 2.47. The minimum atomic E-state index is 0. The van der Waals surface area contributed by atoms with Crippen molar-refractivity contribution < 1.29 is 9.84 Å². The van der Waals surface area contributed by atoms with Crippen molar-refractivity contribution in [1.29, 1.82) is 0 Å². The number of nitrogens with one attached hydrogen (secondary N) is 1. The van der Waals surface area contributed by atoms with Gasteiger partial charge in [-0.1, -0.05) is 0 Å². The van der Waals surface area contributed by atoms with Gasteiger partial charge in [0.2, 0.25) is 0 Å². The van der Waals surface area contributed by atoms with Crippen LogP contribution in [0.3, 0.4) is 0 Å². The molecule has 0 aromatic rings. The molecule has 0 bridgehead atoms. The standard InChI is InChI=1S/C8H15NO2.ClH/c10-6-8-2-1-3-11-7(8)4-9-5-8;/h7,9-10H,1-6H2;1H/t7-,8+;/m1./s1. The fourth-order valence-corrected chi connectivity index (χ4v) is 2.15. The predicted octanol–water partition coefficient (Wildman–Crippen LogP) is 0.169. The fourth-order valence-electron chi connectivity index (χ4n) is 2.15. The molecule has 0 saturated carbocycles. The molecule has 2 aliphatic rings. The van der Waals surface area contributed by atoms with E-state index in [4.69, 9.17) is 4.74 Å². The molecule has 0 aromatic carbocycles. The zero-order valence-corrected chi connectivity index (χ0v) is 7.90. The topological polar surface area (TPSA) is 41.5 Å². The predicted molar refractivity (Wildman–Crippen MR) is 48.6 cm³/mol. The highest BCUT2D eigenvalue weighted by Crippen LogP contribution is 2.36. The van der Waals surface area contributed by atoms with Crippen LogP contribution in [0.1, 0.15) is 12.8 Å². The van der Waals surface area contributed by atoms with E-state index in [0.29, 0.717) is 0 Å². The lowest BCUT2D eigenvalue weighted by Crippen LogP contribution is -2.43. The maximum absolute atomic E-state index is 9.23. The van der Waals surface area contributed by atoms with Crippen LogP contribution in [0.4, 0.5) is 0 Å². The Hall–Kier alpha value is 0.170. The van der Waals surface area contributed by atoms with Gasteiger partial charge in [0.1, 0.15) is 0 Å². The largest absolute Gasteiger partial charge is 0.396 e. The van der Waals surface area contributed by atoms with Crippen molar-refractivity contribution in [2.45, 2.75) is 18.9 Å². The molecule has 0 unspecified atom stereocenters. The first-order chi connectivity index (χ1) is 5.37. The van der Waals surface area contributed by atoms with E-state index in [9.17, 15) is 5.11 Å². The molecule has 4 heteroatoms. The number of ether oxygens (including phenoxy) is 1. The second-order valence-corrected chi connectivity index (χ2v) is 3.61. The van der Waals surface area contributed by atoms with Gasteiger partial charge >= 0.3 is 0 Å². The molecule has 0 aliphatic carbocycles. The number of fused-ring (bicyclic) bond motifs is 1. The van der Waals surface area contributed by atoms with Gasteiger partial charge in [0.15, 0.2) is 0 Å². The number of aliphatic hydroxyl groups excluding tert-OH is 1. The number of hydrogen-bond acceptors (Lipinski definition) is 3. The third-order valence-electron chi connectivity index (χ3n) is 2.94. The van der Waals surface area contributed by atoms with Crippen molar-refractivity contribution >= 4 is 12.4 Å². The lowest BCUT2D eigenvalue weighted by molar-refractivity contribution is -0.0755. The van der Waals surface area contributed by atoms with Crippen LogP contribution in [-0.2, 0) is 4.74 Å². The van der Waals surface area contributed by atoms with Crippen LogP contribution in [0.5, 0.6) is 0 Å². The first kappa shape index (κ1) is 10.3. The molecular weight excluding hydrogens is 178 g/mol. The molecule has 0 amide bonds. The molecule has 12 heavy (non-hydrogen) atoms. The van der Waals surface area contributed by atoms with Crippen molar-refractivity contribution in [3.63, 3.8) is 0 Å². The summed E-state index contributed by atoms with van der Waals surface area (Å²) in [7, 11) is 0. The number of aliphatic hydroxyl groups is 1. The molecule has 3 nitrogen and oxygen atoms in total. The minimum absolute atomic E-state index is 0. The third-order valence-corrected chi connectivity index (χ3v) is 2.94. The smallest absolute Gasteiger partial charge is 0.0789 e. The summed E-state index contributed by atoms with van der Waals surface area (Å²) in [4.78, 5) is 0. The summed E-state index contributed by atoms with van der Waals surface area (Å²) < 4.78 is 5.57. The summed E-state index contributed by atoms with van der Waals surface area (Å²) >= 11 is 0. The normalized spacial score (nSPS) is 40.2. The summed E-state index contributed by atoms with van der Waals surface area (Å²) in [6.45, 7) is 2.98. The Labute approximate surface area is 78.9 Å². The van der Waals surface area contributed by atoms with Crippen molar-refractivity contribution in [1.82, 2.24) is 5.32 Å². The Bertz CT molecular complexity index is 156. The average molecular weight is 194 g/mol. The highest BCUT2D eigenvalue weighted by atomic mass is 35.5. The van der Waals surface area contributed by atoms with Gasteiger partial charge in [0, 0.05) is 25.1 Å². The van der Waals surface area contributed by atoms with Gasteiger partial charge in [-0.3, -0.25) is 0 Å². The van der Waals surface area contributed by atoms with Crippen LogP contribution in [0.15, 0.2) is 0 Å². The summed E-state index contributed by atoms with van der Waals surface area (Å²) in [6, 6.07) is 0. The number of halogens is 1. The summed E-state index contributed by atoms with van der Waals surface area (Å²) in [5.74, 6) is 0. The summed E-state index contributed by atoms with van der Waals surface area (Å²) in [5.41, 5.74) is 0.0538. The van der Waals surface area contributed by atoms with Gasteiger partial charge in [0.05, 0.1) is 12.7 Å². The zero-order chi connectivity index (χ0) is 7.73. The van der Waals surface area contributed by atoms with E-state index in [1.165, 1.54) is 0 Å². The van der Waals surface area contributed by atoms with E-state index < -0.39 is 0 Å². The molecule has 0 aromatic heterocycles. The third kappa shape index (κ3) is 1.46.